The fourth-order valence-corrected chi connectivity index (χ4v) is 2.16. The SMILES string of the molecule is CC(CCN(C)C)Nc1cc2nc[nH]c(=O)c2cc1[N+](=O)[O-]. The van der Waals surface area contributed by atoms with E-state index < -0.39 is 4.92 Å². The molecule has 0 bridgehead atoms. The number of benzene rings is 1. The quantitative estimate of drug-likeness (QED) is 0.620. The normalized spacial score (nSPS) is 12.5. The number of hydrogen-bond acceptors (Lipinski definition) is 6. The van der Waals surface area contributed by atoms with Gasteiger partial charge >= 0.3 is 0 Å². The summed E-state index contributed by atoms with van der Waals surface area (Å²) in [6, 6.07) is 2.87. The third-order valence-electron chi connectivity index (χ3n) is 3.37. The maximum Gasteiger partial charge on any atom is 0.293 e. The van der Waals surface area contributed by atoms with Crippen LogP contribution in [0.1, 0.15) is 13.3 Å². The molecule has 22 heavy (non-hydrogen) atoms. The number of anilines is 1. The van der Waals surface area contributed by atoms with Gasteiger partial charge in [0.2, 0.25) is 0 Å². The number of aromatic amines is 1. The van der Waals surface area contributed by atoms with Crippen molar-refractivity contribution in [3.63, 3.8) is 0 Å². The zero-order valence-corrected chi connectivity index (χ0v) is 12.8. The first kappa shape index (κ1) is 15.9. The second-order valence-electron chi connectivity index (χ2n) is 5.51. The number of nitro groups is 1. The van der Waals surface area contributed by atoms with Crippen LogP contribution < -0.4 is 10.9 Å². The van der Waals surface area contributed by atoms with Crippen LogP contribution in [0.3, 0.4) is 0 Å². The molecule has 0 fully saturated rings. The largest absolute Gasteiger partial charge is 0.377 e. The molecule has 0 saturated heterocycles. The Kier molecular flexibility index (Phi) is 4.71. The minimum absolute atomic E-state index is 0.0561. The molecule has 0 amide bonds. The number of aromatic nitrogens is 2. The van der Waals surface area contributed by atoms with Gasteiger partial charge in [-0.05, 0) is 40.1 Å². The molecule has 8 heteroatoms. The highest BCUT2D eigenvalue weighted by Gasteiger charge is 2.18. The van der Waals surface area contributed by atoms with Gasteiger partial charge in [-0.15, -0.1) is 0 Å². The van der Waals surface area contributed by atoms with Gasteiger partial charge in [0.1, 0.15) is 5.69 Å². The second kappa shape index (κ2) is 6.52. The number of nitro benzene ring substituents is 1. The number of nitrogens with one attached hydrogen (secondary N) is 2. The van der Waals surface area contributed by atoms with E-state index in [-0.39, 0.29) is 22.7 Å². The van der Waals surface area contributed by atoms with E-state index in [1.807, 2.05) is 25.9 Å². The lowest BCUT2D eigenvalue weighted by atomic mass is 10.1. The molecule has 0 saturated carbocycles. The number of nitrogens with zero attached hydrogens (tertiary/aromatic N) is 3. The Hall–Kier alpha value is -2.48. The van der Waals surface area contributed by atoms with Crippen molar-refractivity contribution in [2.75, 3.05) is 26.0 Å². The maximum absolute atomic E-state index is 11.7. The van der Waals surface area contributed by atoms with E-state index in [1.165, 1.54) is 12.4 Å². The lowest BCUT2D eigenvalue weighted by Gasteiger charge is -2.18. The molecule has 2 N–H and O–H groups in total. The second-order valence-corrected chi connectivity index (χ2v) is 5.51. The zero-order valence-electron chi connectivity index (χ0n) is 12.8. The fourth-order valence-electron chi connectivity index (χ4n) is 2.16. The molecule has 8 nitrogen and oxygen atoms in total. The molecule has 1 aromatic heterocycles. The molecule has 2 aromatic rings. The Morgan fingerprint density at radius 2 is 2.18 bits per heavy atom. The zero-order chi connectivity index (χ0) is 16.3. The van der Waals surface area contributed by atoms with Gasteiger partial charge in [-0.25, -0.2) is 4.98 Å². The van der Waals surface area contributed by atoms with Gasteiger partial charge in [-0.2, -0.15) is 0 Å². The van der Waals surface area contributed by atoms with E-state index >= 15 is 0 Å². The third-order valence-corrected chi connectivity index (χ3v) is 3.37. The van der Waals surface area contributed by atoms with Gasteiger partial charge in [-0.3, -0.25) is 14.9 Å². The van der Waals surface area contributed by atoms with Crippen molar-refractivity contribution < 1.29 is 4.92 Å². The van der Waals surface area contributed by atoms with Crippen LogP contribution in [0.25, 0.3) is 10.9 Å². The van der Waals surface area contributed by atoms with Crippen LogP contribution in [0.5, 0.6) is 0 Å². The highest BCUT2D eigenvalue weighted by atomic mass is 16.6. The van der Waals surface area contributed by atoms with Gasteiger partial charge in [0.05, 0.1) is 22.2 Å². The van der Waals surface area contributed by atoms with Crippen LogP contribution in [0, 0.1) is 10.1 Å². The molecule has 0 aliphatic heterocycles. The van der Waals surface area contributed by atoms with Crippen molar-refractivity contribution in [1.82, 2.24) is 14.9 Å². The minimum atomic E-state index is -0.493. The lowest BCUT2D eigenvalue weighted by molar-refractivity contribution is -0.383. The van der Waals surface area contributed by atoms with Gasteiger partial charge in [0, 0.05) is 12.1 Å². The highest BCUT2D eigenvalue weighted by Crippen LogP contribution is 2.28. The predicted octanol–water partition coefficient (Wildman–Crippen LogP) is 1.58. The average Bonchev–Trinajstić information content (AvgIpc) is 2.44. The maximum atomic E-state index is 11.7. The van der Waals surface area contributed by atoms with E-state index in [2.05, 4.69) is 15.3 Å². The Balaban J connectivity index is 2.37. The molecular weight excluding hydrogens is 286 g/mol. The van der Waals surface area contributed by atoms with E-state index in [4.69, 9.17) is 0 Å². The Morgan fingerprint density at radius 1 is 1.45 bits per heavy atom. The van der Waals surface area contributed by atoms with Gasteiger partial charge in [0.15, 0.2) is 0 Å². The summed E-state index contributed by atoms with van der Waals surface area (Å²) in [4.78, 5) is 31.0. The van der Waals surface area contributed by atoms with E-state index in [1.54, 1.807) is 6.07 Å². The monoisotopic (exact) mass is 305 g/mol. The van der Waals surface area contributed by atoms with Crippen LogP contribution >= 0.6 is 0 Å². The molecule has 0 radical (unpaired) electrons. The number of H-pyrrole nitrogens is 1. The van der Waals surface area contributed by atoms with Crippen molar-refractivity contribution in [3.8, 4) is 0 Å². The molecule has 0 aliphatic carbocycles. The molecule has 1 aromatic carbocycles. The Morgan fingerprint density at radius 3 is 2.82 bits per heavy atom. The molecule has 118 valence electrons. The standard InChI is InChI=1S/C14H19N5O3/c1-9(4-5-18(2)3)17-12-7-11-10(6-13(12)19(21)22)14(20)16-8-15-11/h6-9,17H,4-5H2,1-3H3,(H,15,16,20). The van der Waals surface area contributed by atoms with Gasteiger partial charge in [-0.1, -0.05) is 0 Å². The molecule has 1 unspecified atom stereocenters. The summed E-state index contributed by atoms with van der Waals surface area (Å²) in [6.07, 6.45) is 2.13. The lowest BCUT2D eigenvalue weighted by Crippen LogP contribution is -2.23. The van der Waals surface area contributed by atoms with Crippen molar-refractivity contribution in [2.45, 2.75) is 19.4 Å². The van der Waals surface area contributed by atoms with Crippen LogP contribution in [-0.2, 0) is 0 Å². The van der Waals surface area contributed by atoms with Gasteiger partial charge in [0.25, 0.3) is 11.2 Å². The van der Waals surface area contributed by atoms with E-state index in [9.17, 15) is 14.9 Å². The number of fused-ring (bicyclic) bond motifs is 1. The summed E-state index contributed by atoms with van der Waals surface area (Å²) < 4.78 is 0. The predicted molar refractivity (Wildman–Crippen MR) is 85.3 cm³/mol. The first-order valence-corrected chi connectivity index (χ1v) is 6.95. The summed E-state index contributed by atoms with van der Waals surface area (Å²) in [6.45, 7) is 2.83. The van der Waals surface area contributed by atoms with Crippen molar-refractivity contribution in [2.24, 2.45) is 0 Å². The van der Waals surface area contributed by atoms with E-state index in [0.29, 0.717) is 11.2 Å². The number of rotatable bonds is 6. The summed E-state index contributed by atoms with van der Waals surface area (Å²) in [5.41, 5.74) is 0.293. The fraction of sp³-hybridized carbons (Fsp3) is 0.429. The molecule has 0 aliphatic rings. The Bertz CT molecular complexity index is 741. The van der Waals surface area contributed by atoms with Gasteiger partial charge < -0.3 is 15.2 Å². The van der Waals surface area contributed by atoms with Crippen LogP contribution in [0.2, 0.25) is 0 Å². The topological polar surface area (TPSA) is 104 Å². The van der Waals surface area contributed by atoms with Crippen LogP contribution in [0.15, 0.2) is 23.3 Å². The number of hydrogen-bond donors (Lipinski definition) is 2. The van der Waals surface area contributed by atoms with Crippen molar-refractivity contribution in [3.05, 3.63) is 38.9 Å². The Labute approximate surface area is 127 Å². The summed E-state index contributed by atoms with van der Waals surface area (Å²) in [5, 5.41) is 14.6. The molecule has 1 heterocycles. The first-order chi connectivity index (χ1) is 10.4. The third kappa shape index (κ3) is 3.59. The van der Waals surface area contributed by atoms with Crippen LogP contribution in [0.4, 0.5) is 11.4 Å². The molecular formula is C14H19N5O3. The molecule has 2 rings (SSSR count). The summed E-state index contributed by atoms with van der Waals surface area (Å²) in [5.74, 6) is 0. The highest BCUT2D eigenvalue weighted by molar-refractivity contribution is 5.86. The first-order valence-electron chi connectivity index (χ1n) is 6.95. The van der Waals surface area contributed by atoms with Crippen molar-refractivity contribution >= 4 is 22.3 Å². The van der Waals surface area contributed by atoms with Crippen LogP contribution in [-0.4, -0.2) is 46.5 Å². The minimum Gasteiger partial charge on any atom is -0.377 e. The van der Waals surface area contributed by atoms with E-state index in [0.717, 1.165) is 13.0 Å². The smallest absolute Gasteiger partial charge is 0.293 e. The summed E-state index contributed by atoms with van der Waals surface area (Å²) in [7, 11) is 3.95. The molecule has 0 spiro atoms. The van der Waals surface area contributed by atoms with Crippen molar-refractivity contribution in [1.29, 1.82) is 0 Å². The average molecular weight is 305 g/mol. The molecule has 1 atom stereocenters. The summed E-state index contributed by atoms with van der Waals surface area (Å²) >= 11 is 0.